The number of aromatic nitrogens is 4. The molecule has 3 aromatic heterocycles. The summed E-state index contributed by atoms with van der Waals surface area (Å²) < 4.78 is 11.5. The fraction of sp³-hybridized carbons (Fsp3) is 0.500. The second kappa shape index (κ2) is 9.46. The number of ether oxygens (including phenoxy) is 1. The van der Waals surface area contributed by atoms with Gasteiger partial charge in [0.15, 0.2) is 11.4 Å². The zero-order chi connectivity index (χ0) is 24.7. The Labute approximate surface area is 206 Å². The van der Waals surface area contributed by atoms with E-state index in [-0.39, 0.29) is 34.7 Å². The van der Waals surface area contributed by atoms with Crippen molar-refractivity contribution in [1.82, 2.24) is 23.8 Å². The van der Waals surface area contributed by atoms with Gasteiger partial charge in [0.2, 0.25) is 16.5 Å². The van der Waals surface area contributed by atoms with E-state index in [4.69, 9.17) is 9.72 Å². The average Bonchev–Trinajstić information content (AvgIpc) is 3.33. The van der Waals surface area contributed by atoms with Crippen LogP contribution in [0.1, 0.15) is 42.1 Å². The molecule has 0 spiro atoms. The molecule has 0 saturated carbocycles. The summed E-state index contributed by atoms with van der Waals surface area (Å²) in [5.41, 5.74) is 0.892. The molecule has 5 heterocycles. The lowest BCUT2D eigenvalue weighted by molar-refractivity contribution is -0.137. The second-order valence-electron chi connectivity index (χ2n) is 9.33. The van der Waals surface area contributed by atoms with Gasteiger partial charge in [-0.1, -0.05) is 0 Å². The summed E-state index contributed by atoms with van der Waals surface area (Å²) in [4.78, 5) is 51.0. The molecule has 2 saturated heterocycles. The third-order valence-corrected chi connectivity index (χ3v) is 7.42. The van der Waals surface area contributed by atoms with Crippen molar-refractivity contribution in [3.8, 4) is 5.13 Å². The highest BCUT2D eigenvalue weighted by Crippen LogP contribution is 2.29. The van der Waals surface area contributed by atoms with Crippen molar-refractivity contribution in [2.24, 2.45) is 5.92 Å². The Bertz CT molecular complexity index is 1330. The van der Waals surface area contributed by atoms with Gasteiger partial charge in [-0.2, -0.15) is 4.37 Å². The first-order valence-electron chi connectivity index (χ1n) is 11.8. The molecule has 0 aliphatic carbocycles. The Morgan fingerprint density at radius 1 is 1.29 bits per heavy atom. The van der Waals surface area contributed by atoms with E-state index < -0.39 is 0 Å². The maximum Gasteiger partial charge on any atom is 0.229 e. The Morgan fingerprint density at radius 3 is 2.74 bits per heavy atom. The smallest absolute Gasteiger partial charge is 0.229 e. The van der Waals surface area contributed by atoms with Crippen LogP contribution in [0.25, 0.3) is 16.2 Å². The van der Waals surface area contributed by atoms with Gasteiger partial charge in [0.25, 0.3) is 0 Å². The maximum absolute atomic E-state index is 13.1. The van der Waals surface area contributed by atoms with Crippen LogP contribution in [0.4, 0.5) is 5.82 Å². The predicted octanol–water partition coefficient (Wildman–Crippen LogP) is 2.21. The summed E-state index contributed by atoms with van der Waals surface area (Å²) in [5, 5.41) is 0.904. The molecule has 10 nitrogen and oxygen atoms in total. The van der Waals surface area contributed by atoms with Gasteiger partial charge in [-0.05, 0) is 44.7 Å². The molecule has 35 heavy (non-hydrogen) atoms. The first-order chi connectivity index (χ1) is 16.8. The zero-order valence-electron chi connectivity index (χ0n) is 20.1. The number of aryl methyl sites for hydroxylation is 1. The van der Waals surface area contributed by atoms with Gasteiger partial charge in [-0.25, -0.2) is 9.97 Å². The molecule has 2 fully saturated rings. The third-order valence-electron chi connectivity index (χ3n) is 6.76. The van der Waals surface area contributed by atoms with Crippen molar-refractivity contribution < 1.29 is 14.3 Å². The number of Topliss-reactive ketones (excluding diaryl/α,β-unsaturated/α-hetero) is 1. The molecule has 11 heteroatoms. The minimum atomic E-state index is -0.340. The van der Waals surface area contributed by atoms with Gasteiger partial charge in [0.05, 0.1) is 23.0 Å². The number of carbonyl (C=O) groups excluding carboxylic acids is 2. The van der Waals surface area contributed by atoms with Crippen LogP contribution in [-0.2, 0) is 9.53 Å². The van der Waals surface area contributed by atoms with Gasteiger partial charge in [-0.15, -0.1) is 0 Å². The third kappa shape index (κ3) is 4.45. The summed E-state index contributed by atoms with van der Waals surface area (Å²) in [6, 6.07) is 1.85. The van der Waals surface area contributed by atoms with Crippen molar-refractivity contribution in [1.29, 1.82) is 0 Å². The van der Waals surface area contributed by atoms with Gasteiger partial charge in [0, 0.05) is 51.0 Å². The molecule has 1 atom stereocenters. The van der Waals surface area contributed by atoms with E-state index in [0.29, 0.717) is 41.6 Å². The minimum Gasteiger partial charge on any atom is -0.376 e. The van der Waals surface area contributed by atoms with Crippen molar-refractivity contribution >= 4 is 40.1 Å². The molecular weight excluding hydrogens is 468 g/mol. The van der Waals surface area contributed by atoms with Crippen LogP contribution in [0.15, 0.2) is 23.4 Å². The summed E-state index contributed by atoms with van der Waals surface area (Å²) in [6.45, 7) is 5.72. The summed E-state index contributed by atoms with van der Waals surface area (Å²) in [7, 11) is 1.84. The molecule has 0 radical (unpaired) electrons. The van der Waals surface area contributed by atoms with Crippen LogP contribution >= 0.6 is 11.5 Å². The van der Waals surface area contributed by atoms with Gasteiger partial charge in [-0.3, -0.25) is 19.0 Å². The number of hydrogen-bond donors (Lipinski definition) is 0. The number of ketones is 1. The van der Waals surface area contributed by atoms with E-state index in [9.17, 15) is 14.4 Å². The highest BCUT2D eigenvalue weighted by Gasteiger charge is 2.36. The van der Waals surface area contributed by atoms with E-state index in [1.165, 1.54) is 19.4 Å². The Morgan fingerprint density at radius 2 is 2.09 bits per heavy atom. The van der Waals surface area contributed by atoms with Crippen LogP contribution in [0, 0.1) is 12.8 Å². The highest BCUT2D eigenvalue weighted by atomic mass is 32.1. The van der Waals surface area contributed by atoms with Gasteiger partial charge in [0.1, 0.15) is 12.1 Å². The Hall–Kier alpha value is -3.18. The molecule has 2 aliphatic rings. The van der Waals surface area contributed by atoms with E-state index in [1.54, 1.807) is 9.47 Å². The standard InChI is InChI=1S/C24H28N6O4S/c1-14-8-19(29-9-16(10-29)23(33)28(3)11-17-6-4-5-7-34-17)27-22-20(14)21(32)18(15(2)31)12-30(22)24-25-13-26-35-24/h8,12-13,16-17H,4-7,9-11H2,1-3H3. The monoisotopic (exact) mass is 496 g/mol. The topological polar surface area (TPSA) is 111 Å². The molecule has 1 unspecified atom stereocenters. The molecule has 2 aliphatic heterocycles. The number of amides is 1. The fourth-order valence-electron chi connectivity index (χ4n) is 4.79. The van der Waals surface area contributed by atoms with Crippen molar-refractivity contribution in [2.75, 3.05) is 38.2 Å². The van der Waals surface area contributed by atoms with Crippen LogP contribution in [0.2, 0.25) is 0 Å². The number of hydrogen-bond acceptors (Lipinski definition) is 9. The summed E-state index contributed by atoms with van der Waals surface area (Å²) in [5.74, 6) is 0.382. The van der Waals surface area contributed by atoms with Crippen LogP contribution in [0.3, 0.4) is 0 Å². The van der Waals surface area contributed by atoms with Crippen LogP contribution in [-0.4, -0.2) is 74.9 Å². The first kappa shape index (κ1) is 23.6. The normalized spacial score (nSPS) is 18.5. The van der Waals surface area contributed by atoms with Crippen molar-refractivity contribution in [3.05, 3.63) is 39.9 Å². The number of anilines is 1. The Balaban J connectivity index is 1.40. The Kier molecular flexibility index (Phi) is 6.37. The van der Waals surface area contributed by atoms with Crippen molar-refractivity contribution in [3.63, 3.8) is 0 Å². The number of nitrogens with zero attached hydrogens (tertiary/aromatic N) is 6. The van der Waals surface area contributed by atoms with Crippen molar-refractivity contribution in [2.45, 2.75) is 39.2 Å². The largest absolute Gasteiger partial charge is 0.376 e. The first-order valence-corrected chi connectivity index (χ1v) is 12.6. The van der Waals surface area contributed by atoms with Gasteiger partial charge >= 0.3 is 0 Å². The minimum absolute atomic E-state index is 0.0879. The molecule has 0 bridgehead atoms. The number of rotatable bonds is 6. The lowest BCUT2D eigenvalue weighted by Crippen LogP contribution is -2.55. The molecule has 184 valence electrons. The molecule has 0 aromatic carbocycles. The summed E-state index contributed by atoms with van der Waals surface area (Å²) >= 11 is 1.15. The number of pyridine rings is 2. The van der Waals surface area contributed by atoms with E-state index >= 15 is 0 Å². The molecule has 5 rings (SSSR count). The quantitative estimate of drug-likeness (QED) is 0.478. The fourth-order valence-corrected chi connectivity index (χ4v) is 5.30. The molecule has 0 N–H and O–H groups in total. The van der Waals surface area contributed by atoms with E-state index in [0.717, 1.165) is 43.0 Å². The summed E-state index contributed by atoms with van der Waals surface area (Å²) in [6.07, 6.45) is 6.27. The number of fused-ring (bicyclic) bond motifs is 1. The lowest BCUT2D eigenvalue weighted by atomic mass is 9.97. The van der Waals surface area contributed by atoms with Gasteiger partial charge < -0.3 is 14.5 Å². The van der Waals surface area contributed by atoms with E-state index in [2.05, 4.69) is 9.36 Å². The van der Waals surface area contributed by atoms with Crippen LogP contribution < -0.4 is 10.3 Å². The molecule has 3 aromatic rings. The number of likely N-dealkylation sites (N-methyl/N-ethyl adjacent to an activating group) is 1. The predicted molar refractivity (Wildman–Crippen MR) is 132 cm³/mol. The highest BCUT2D eigenvalue weighted by molar-refractivity contribution is 7.08. The van der Waals surface area contributed by atoms with Crippen LogP contribution in [0.5, 0.6) is 0 Å². The SMILES string of the molecule is CC(=O)c1cn(-c2ncns2)c2nc(N3CC(C(=O)N(C)CC4CCCCO4)C3)cc(C)c2c1=O. The second-order valence-corrected chi connectivity index (χ2v) is 10.1. The molecule has 1 amide bonds. The van der Waals surface area contributed by atoms with E-state index in [1.807, 2.05) is 24.9 Å². The maximum atomic E-state index is 13.1. The average molecular weight is 497 g/mol. The number of carbonyl (C=O) groups is 2. The molecular formula is C24H28N6O4S. The lowest BCUT2D eigenvalue weighted by Gasteiger charge is -2.41. The zero-order valence-corrected chi connectivity index (χ0v) is 20.9.